The molecule has 0 saturated carbocycles. The van der Waals surface area contributed by atoms with E-state index in [1.54, 1.807) is 41.5 Å². The SMILES string of the molecule is CCOC(=O)C(CP(=O)(OCC)OCC)C(=O)C(C)(C)C. The largest absolute Gasteiger partial charge is 0.465 e. The molecule has 6 nitrogen and oxygen atoms in total. The summed E-state index contributed by atoms with van der Waals surface area (Å²) in [4.78, 5) is 24.5. The monoisotopic (exact) mass is 322 g/mol. The molecule has 0 fully saturated rings. The molecule has 7 heteroatoms. The van der Waals surface area contributed by atoms with Gasteiger partial charge in [0.15, 0.2) is 5.78 Å². The Labute approximate surface area is 127 Å². The van der Waals surface area contributed by atoms with Gasteiger partial charge in [-0.2, -0.15) is 0 Å². The van der Waals surface area contributed by atoms with Crippen LogP contribution in [-0.2, 0) is 27.9 Å². The Kier molecular flexibility index (Phi) is 8.37. The van der Waals surface area contributed by atoms with E-state index in [9.17, 15) is 14.2 Å². The maximum absolute atomic E-state index is 12.6. The number of carbonyl (C=O) groups is 2. The van der Waals surface area contributed by atoms with Crippen LogP contribution in [0.3, 0.4) is 0 Å². The van der Waals surface area contributed by atoms with Gasteiger partial charge in [0.2, 0.25) is 0 Å². The first-order valence-corrected chi connectivity index (χ1v) is 8.93. The van der Waals surface area contributed by atoms with Gasteiger partial charge in [-0.05, 0) is 20.8 Å². The van der Waals surface area contributed by atoms with Crippen LogP contribution in [0.25, 0.3) is 0 Å². The van der Waals surface area contributed by atoms with E-state index < -0.39 is 24.9 Å². The number of ketones is 1. The van der Waals surface area contributed by atoms with Crippen LogP contribution in [0, 0.1) is 11.3 Å². The highest BCUT2D eigenvalue weighted by Gasteiger charge is 2.41. The van der Waals surface area contributed by atoms with Crippen molar-refractivity contribution in [1.29, 1.82) is 0 Å². The summed E-state index contributed by atoms with van der Waals surface area (Å²) >= 11 is 0. The van der Waals surface area contributed by atoms with Crippen molar-refractivity contribution in [2.75, 3.05) is 26.0 Å². The molecule has 0 heterocycles. The van der Waals surface area contributed by atoms with E-state index in [1.807, 2.05) is 0 Å². The Morgan fingerprint density at radius 1 is 1.00 bits per heavy atom. The van der Waals surface area contributed by atoms with E-state index in [-0.39, 0.29) is 31.8 Å². The molecule has 0 aromatic carbocycles. The fourth-order valence-corrected chi connectivity index (χ4v) is 3.62. The van der Waals surface area contributed by atoms with E-state index in [0.717, 1.165) is 0 Å². The number of hydrogen-bond acceptors (Lipinski definition) is 6. The molecule has 0 spiro atoms. The second kappa shape index (κ2) is 8.66. The molecule has 0 aliphatic carbocycles. The first-order valence-electron chi connectivity index (χ1n) is 7.20. The Bertz CT molecular complexity index is 389. The highest BCUT2D eigenvalue weighted by molar-refractivity contribution is 7.53. The van der Waals surface area contributed by atoms with Gasteiger partial charge in [0.05, 0.1) is 26.0 Å². The Morgan fingerprint density at radius 3 is 1.81 bits per heavy atom. The number of ether oxygens (including phenoxy) is 1. The van der Waals surface area contributed by atoms with E-state index in [2.05, 4.69) is 0 Å². The van der Waals surface area contributed by atoms with Gasteiger partial charge in [-0.15, -0.1) is 0 Å². The lowest BCUT2D eigenvalue weighted by molar-refractivity contribution is -0.153. The number of rotatable bonds is 9. The average molecular weight is 322 g/mol. The van der Waals surface area contributed by atoms with Crippen LogP contribution >= 0.6 is 7.60 Å². The van der Waals surface area contributed by atoms with Gasteiger partial charge < -0.3 is 13.8 Å². The number of carbonyl (C=O) groups excluding carboxylic acids is 2. The van der Waals surface area contributed by atoms with E-state index >= 15 is 0 Å². The summed E-state index contributed by atoms with van der Waals surface area (Å²) < 4.78 is 27.8. The minimum atomic E-state index is -3.50. The minimum absolute atomic E-state index is 0.153. The predicted molar refractivity (Wildman–Crippen MR) is 80.3 cm³/mol. The van der Waals surface area contributed by atoms with Crippen LogP contribution in [0.2, 0.25) is 0 Å². The first-order chi connectivity index (χ1) is 9.61. The van der Waals surface area contributed by atoms with Crippen LogP contribution in [0.4, 0.5) is 0 Å². The third-order valence-electron chi connectivity index (χ3n) is 2.68. The third kappa shape index (κ3) is 6.72. The molecule has 0 aliphatic rings. The lowest BCUT2D eigenvalue weighted by atomic mass is 9.84. The van der Waals surface area contributed by atoms with Crippen LogP contribution in [0.15, 0.2) is 0 Å². The molecule has 124 valence electrons. The zero-order chi connectivity index (χ0) is 16.7. The first kappa shape index (κ1) is 20.3. The smallest absolute Gasteiger partial charge is 0.331 e. The van der Waals surface area contributed by atoms with E-state index in [1.165, 1.54) is 0 Å². The maximum Gasteiger partial charge on any atom is 0.331 e. The molecule has 0 rings (SSSR count). The molecule has 0 N–H and O–H groups in total. The van der Waals surface area contributed by atoms with Crippen molar-refractivity contribution in [3.63, 3.8) is 0 Å². The number of hydrogen-bond donors (Lipinski definition) is 0. The van der Waals surface area contributed by atoms with Gasteiger partial charge in [-0.25, -0.2) is 0 Å². The van der Waals surface area contributed by atoms with Gasteiger partial charge in [0, 0.05) is 5.41 Å². The molecule has 0 aromatic rings. The highest BCUT2D eigenvalue weighted by atomic mass is 31.2. The summed E-state index contributed by atoms with van der Waals surface area (Å²) in [6.45, 7) is 10.6. The lowest BCUT2D eigenvalue weighted by Crippen LogP contribution is -2.37. The Balaban J connectivity index is 5.35. The summed E-state index contributed by atoms with van der Waals surface area (Å²) in [5.41, 5.74) is -0.749. The van der Waals surface area contributed by atoms with Gasteiger partial charge in [0.1, 0.15) is 5.92 Å². The maximum atomic E-state index is 12.6. The second-order valence-corrected chi connectivity index (χ2v) is 7.65. The van der Waals surface area contributed by atoms with Crippen molar-refractivity contribution in [2.24, 2.45) is 11.3 Å². The average Bonchev–Trinajstić information content (AvgIpc) is 2.35. The van der Waals surface area contributed by atoms with Crippen molar-refractivity contribution in [3.8, 4) is 0 Å². The van der Waals surface area contributed by atoms with E-state index in [4.69, 9.17) is 13.8 Å². The van der Waals surface area contributed by atoms with Gasteiger partial charge in [-0.1, -0.05) is 20.8 Å². The van der Waals surface area contributed by atoms with E-state index in [0.29, 0.717) is 0 Å². The fourth-order valence-electron chi connectivity index (χ4n) is 1.79. The van der Waals surface area contributed by atoms with Gasteiger partial charge in [-0.3, -0.25) is 14.2 Å². The van der Waals surface area contributed by atoms with Crippen LogP contribution in [0.1, 0.15) is 41.5 Å². The van der Waals surface area contributed by atoms with Crippen LogP contribution in [-0.4, -0.2) is 37.7 Å². The molecule has 0 aliphatic heterocycles. The molecule has 0 amide bonds. The zero-order valence-corrected chi connectivity index (χ0v) is 14.7. The second-order valence-electron chi connectivity index (χ2n) is 5.55. The van der Waals surface area contributed by atoms with Crippen molar-refractivity contribution in [1.82, 2.24) is 0 Å². The molecular formula is C14H27O6P. The minimum Gasteiger partial charge on any atom is -0.465 e. The molecule has 0 aromatic heterocycles. The summed E-state index contributed by atoms with van der Waals surface area (Å²) in [7, 11) is -3.50. The molecular weight excluding hydrogens is 295 g/mol. The molecule has 1 unspecified atom stereocenters. The predicted octanol–water partition coefficient (Wildman–Crippen LogP) is 3.05. The Hall–Kier alpha value is -0.710. The standard InChI is InChI=1S/C14H27O6P/c1-7-18-13(16)11(12(15)14(4,5)6)10-21(17,19-8-2)20-9-3/h11H,7-10H2,1-6H3. The topological polar surface area (TPSA) is 78.9 Å². The van der Waals surface area contributed by atoms with Crippen molar-refractivity contribution < 1.29 is 27.9 Å². The summed E-state index contributed by atoms with van der Waals surface area (Å²) in [6.07, 6.45) is -0.288. The lowest BCUT2D eigenvalue weighted by Gasteiger charge is -2.26. The number of esters is 1. The zero-order valence-electron chi connectivity index (χ0n) is 13.8. The molecule has 0 radical (unpaired) electrons. The third-order valence-corrected chi connectivity index (χ3v) is 4.80. The number of Topliss-reactive ketones (excluding diaryl/α,β-unsaturated/α-hetero) is 1. The highest BCUT2D eigenvalue weighted by Crippen LogP contribution is 2.50. The summed E-state index contributed by atoms with van der Waals surface area (Å²) in [5.74, 6) is -2.16. The summed E-state index contributed by atoms with van der Waals surface area (Å²) in [5, 5.41) is 0. The molecule has 21 heavy (non-hydrogen) atoms. The molecule has 0 bridgehead atoms. The van der Waals surface area contributed by atoms with Gasteiger partial charge >= 0.3 is 13.6 Å². The summed E-state index contributed by atoms with van der Waals surface area (Å²) in [6, 6.07) is 0. The van der Waals surface area contributed by atoms with Gasteiger partial charge in [0.25, 0.3) is 0 Å². The fraction of sp³-hybridized carbons (Fsp3) is 0.857. The Morgan fingerprint density at radius 2 is 1.48 bits per heavy atom. The van der Waals surface area contributed by atoms with Crippen molar-refractivity contribution in [3.05, 3.63) is 0 Å². The molecule has 0 saturated heterocycles. The normalized spacial score (nSPS) is 13.8. The molecule has 1 atom stereocenters. The van der Waals surface area contributed by atoms with Crippen molar-refractivity contribution >= 4 is 19.3 Å². The quantitative estimate of drug-likeness (QED) is 0.369. The van der Waals surface area contributed by atoms with Crippen molar-refractivity contribution in [2.45, 2.75) is 41.5 Å². The van der Waals surface area contributed by atoms with Crippen LogP contribution < -0.4 is 0 Å². The van der Waals surface area contributed by atoms with Crippen LogP contribution in [0.5, 0.6) is 0 Å².